The van der Waals surface area contributed by atoms with Crippen LogP contribution in [0.15, 0.2) is 33.7 Å². The Bertz CT molecular complexity index is 627. The summed E-state index contributed by atoms with van der Waals surface area (Å²) in [6.07, 6.45) is 3.40. The maximum atomic E-state index is 12.5. The van der Waals surface area contributed by atoms with Gasteiger partial charge in [-0.2, -0.15) is 0 Å². The van der Waals surface area contributed by atoms with Crippen LogP contribution in [0.5, 0.6) is 0 Å². The Labute approximate surface area is 116 Å². The molecule has 1 heterocycles. The van der Waals surface area contributed by atoms with E-state index in [1.54, 1.807) is 0 Å². The van der Waals surface area contributed by atoms with Crippen molar-refractivity contribution < 1.29 is 23.8 Å². The number of rotatable bonds is 4. The summed E-state index contributed by atoms with van der Waals surface area (Å²) in [6, 6.07) is 0. The molecule has 1 aromatic rings. The van der Waals surface area contributed by atoms with Crippen molar-refractivity contribution in [3.8, 4) is 0 Å². The third kappa shape index (κ3) is 2.20. The molecule has 0 atom stereocenters. The molecule has 1 aliphatic rings. The number of hydrogen-bond donors (Lipinski definition) is 1. The molecule has 0 unspecified atom stereocenters. The van der Waals surface area contributed by atoms with Crippen LogP contribution in [0.3, 0.4) is 0 Å². The van der Waals surface area contributed by atoms with Crippen LogP contribution in [0.1, 0.15) is 46.7 Å². The second-order valence-electron chi connectivity index (χ2n) is 4.78. The number of methoxy groups -OCH3 is 1. The zero-order valence-corrected chi connectivity index (χ0v) is 11.6. The van der Waals surface area contributed by atoms with Crippen molar-refractivity contribution in [1.29, 1.82) is 0 Å². The van der Waals surface area contributed by atoms with Crippen molar-refractivity contribution in [2.45, 2.75) is 26.9 Å². The number of Topliss-reactive ketones (excluding diaryl/α,β-unsaturated/α-hetero) is 2. The van der Waals surface area contributed by atoms with Gasteiger partial charge in [0.05, 0.1) is 31.1 Å². The summed E-state index contributed by atoms with van der Waals surface area (Å²) in [4.78, 5) is 24.7. The number of aliphatic hydroxyl groups is 1. The Morgan fingerprint density at radius 2 is 2.05 bits per heavy atom. The van der Waals surface area contributed by atoms with Gasteiger partial charge in [0.25, 0.3) is 5.78 Å². The molecule has 1 aliphatic carbocycles. The smallest absolute Gasteiger partial charge is 0.263 e. The lowest BCUT2D eigenvalue weighted by molar-refractivity contribution is 0.0879. The van der Waals surface area contributed by atoms with Crippen molar-refractivity contribution in [1.82, 2.24) is 0 Å². The second kappa shape index (κ2) is 5.46. The van der Waals surface area contributed by atoms with E-state index in [0.717, 1.165) is 5.57 Å². The van der Waals surface area contributed by atoms with Gasteiger partial charge in [-0.15, -0.1) is 0 Å². The molecule has 1 aromatic heterocycles. The highest BCUT2D eigenvalue weighted by atomic mass is 16.5. The number of hydrogen-bond acceptors (Lipinski definition) is 5. The molecule has 0 radical (unpaired) electrons. The summed E-state index contributed by atoms with van der Waals surface area (Å²) in [5, 5.41) is 9.23. The first-order valence-electron chi connectivity index (χ1n) is 6.22. The first kappa shape index (κ1) is 14.3. The third-order valence-electron chi connectivity index (χ3n) is 3.14. The number of carbonyl (C=O) groups excluding carboxylic acids is 2. The highest BCUT2D eigenvalue weighted by molar-refractivity contribution is 6.25. The van der Waals surface area contributed by atoms with Gasteiger partial charge in [-0.1, -0.05) is 11.6 Å². The quantitative estimate of drug-likeness (QED) is 0.854. The van der Waals surface area contributed by atoms with Gasteiger partial charge < -0.3 is 14.3 Å². The minimum absolute atomic E-state index is 0.0128. The first-order chi connectivity index (χ1) is 9.51. The lowest BCUT2D eigenvalue weighted by atomic mass is 9.89. The average molecular weight is 276 g/mol. The number of ether oxygens (including phenoxy) is 1. The lowest BCUT2D eigenvalue weighted by Crippen LogP contribution is -2.22. The molecule has 20 heavy (non-hydrogen) atoms. The molecule has 0 aliphatic heterocycles. The van der Waals surface area contributed by atoms with Crippen molar-refractivity contribution in [2.24, 2.45) is 0 Å². The lowest BCUT2D eigenvalue weighted by Gasteiger charge is -2.16. The molecule has 106 valence electrons. The second-order valence-corrected chi connectivity index (χ2v) is 4.78. The molecule has 0 bridgehead atoms. The van der Waals surface area contributed by atoms with Crippen LogP contribution >= 0.6 is 0 Å². The Morgan fingerprint density at radius 3 is 2.60 bits per heavy atom. The number of ketones is 2. The largest absolute Gasteiger partial charge is 0.492 e. The van der Waals surface area contributed by atoms with Crippen LogP contribution in [0.2, 0.25) is 0 Å². The van der Waals surface area contributed by atoms with E-state index in [-0.39, 0.29) is 29.5 Å². The van der Waals surface area contributed by atoms with Gasteiger partial charge in [0.2, 0.25) is 0 Å². The molecule has 5 heteroatoms. The predicted molar refractivity (Wildman–Crippen MR) is 71.4 cm³/mol. The van der Waals surface area contributed by atoms with Gasteiger partial charge in [-0.3, -0.25) is 9.59 Å². The zero-order chi connectivity index (χ0) is 14.9. The number of carbonyl (C=O) groups is 2. The van der Waals surface area contributed by atoms with Crippen LogP contribution in [-0.2, 0) is 11.3 Å². The minimum Gasteiger partial charge on any atom is -0.492 e. The molecular weight excluding hydrogens is 260 g/mol. The Balaban J connectivity index is 2.56. The van der Waals surface area contributed by atoms with E-state index < -0.39 is 5.78 Å². The van der Waals surface area contributed by atoms with E-state index in [1.165, 1.54) is 13.4 Å². The highest BCUT2D eigenvalue weighted by Crippen LogP contribution is 2.32. The molecule has 2 rings (SSSR count). The molecule has 0 amide bonds. The monoisotopic (exact) mass is 276 g/mol. The van der Waals surface area contributed by atoms with Crippen LogP contribution in [-0.4, -0.2) is 23.8 Å². The number of allylic oxidation sites excluding steroid dienone is 4. The van der Waals surface area contributed by atoms with Crippen molar-refractivity contribution in [2.75, 3.05) is 7.11 Å². The fourth-order valence-corrected chi connectivity index (χ4v) is 2.13. The first-order valence-corrected chi connectivity index (χ1v) is 6.22. The molecule has 0 saturated carbocycles. The van der Waals surface area contributed by atoms with E-state index in [1.807, 2.05) is 19.9 Å². The fraction of sp³-hybridized carbons (Fsp3) is 0.333. The van der Waals surface area contributed by atoms with E-state index in [2.05, 4.69) is 0 Å². The fourth-order valence-electron chi connectivity index (χ4n) is 2.13. The molecule has 1 N–H and O–H groups in total. The van der Waals surface area contributed by atoms with Gasteiger partial charge in [0.1, 0.15) is 0 Å². The summed E-state index contributed by atoms with van der Waals surface area (Å²) < 4.78 is 10.2. The van der Waals surface area contributed by atoms with E-state index in [4.69, 9.17) is 9.15 Å². The molecular formula is C15H16O5. The van der Waals surface area contributed by atoms with Crippen molar-refractivity contribution in [3.05, 3.63) is 46.1 Å². The maximum Gasteiger partial charge on any atom is 0.263 e. The van der Waals surface area contributed by atoms with Crippen LogP contribution in [0.25, 0.3) is 0 Å². The number of aliphatic hydroxyl groups excluding tert-OH is 1. The topological polar surface area (TPSA) is 76.7 Å². The van der Waals surface area contributed by atoms with Gasteiger partial charge in [0.15, 0.2) is 17.3 Å². The maximum absolute atomic E-state index is 12.5. The van der Waals surface area contributed by atoms with Gasteiger partial charge in [-0.05, 0) is 20.3 Å². The van der Waals surface area contributed by atoms with Crippen molar-refractivity contribution >= 4 is 11.6 Å². The van der Waals surface area contributed by atoms with Gasteiger partial charge in [-0.25, -0.2) is 0 Å². The summed E-state index contributed by atoms with van der Waals surface area (Å²) >= 11 is 0. The average Bonchev–Trinajstić information content (AvgIpc) is 2.85. The Hall–Kier alpha value is -2.14. The van der Waals surface area contributed by atoms with E-state index in [0.29, 0.717) is 17.6 Å². The molecule has 5 nitrogen and oxygen atoms in total. The van der Waals surface area contributed by atoms with Crippen molar-refractivity contribution in [3.63, 3.8) is 0 Å². The van der Waals surface area contributed by atoms with Crippen LogP contribution in [0, 0.1) is 0 Å². The standard InChI is InChI=1S/C15H16O5/c1-8(2)4-5-10-12(17)11-9(6-16)7-20-15(11)13(18)14(10)19-3/h4,7,16H,5-6H2,1-3H3. The molecule has 0 fully saturated rings. The zero-order valence-electron chi connectivity index (χ0n) is 11.6. The van der Waals surface area contributed by atoms with E-state index >= 15 is 0 Å². The molecule has 0 spiro atoms. The minimum atomic E-state index is -0.459. The third-order valence-corrected chi connectivity index (χ3v) is 3.14. The number of furan rings is 1. The normalized spacial score (nSPS) is 14.4. The highest BCUT2D eigenvalue weighted by Gasteiger charge is 2.37. The summed E-state index contributed by atoms with van der Waals surface area (Å²) in [6.45, 7) is 3.46. The SMILES string of the molecule is COC1=C(CC=C(C)C)C(=O)c2c(CO)coc2C1=O. The van der Waals surface area contributed by atoms with Crippen LogP contribution < -0.4 is 0 Å². The van der Waals surface area contributed by atoms with Gasteiger partial charge >= 0.3 is 0 Å². The Kier molecular flexibility index (Phi) is 3.90. The molecule has 0 saturated heterocycles. The Morgan fingerprint density at radius 1 is 1.35 bits per heavy atom. The summed E-state index contributed by atoms with van der Waals surface area (Å²) in [5.74, 6) is -0.832. The molecule has 0 aromatic carbocycles. The van der Waals surface area contributed by atoms with Crippen LogP contribution in [0.4, 0.5) is 0 Å². The predicted octanol–water partition coefficient (Wildman–Crippen LogP) is 2.41. The summed E-state index contributed by atoms with van der Waals surface area (Å²) in [5.41, 5.74) is 1.80. The van der Waals surface area contributed by atoms with E-state index in [9.17, 15) is 14.7 Å². The summed E-state index contributed by atoms with van der Waals surface area (Å²) in [7, 11) is 1.35. The number of fused-ring (bicyclic) bond motifs is 1. The van der Waals surface area contributed by atoms with Gasteiger partial charge in [0, 0.05) is 5.56 Å².